The van der Waals surface area contributed by atoms with Gasteiger partial charge in [0.2, 0.25) is 5.60 Å². The van der Waals surface area contributed by atoms with Gasteiger partial charge >= 0.3 is 470 Å². The van der Waals surface area contributed by atoms with Crippen LogP contribution in [-0.2, 0) is 22.8 Å². The Morgan fingerprint density at radius 2 is 0.809 bits per heavy atom. The number of nitrogens with zero attached hydrogens (tertiary/aromatic N) is 6. The number of hydrogen-bond donors (Lipinski definition) is 2. The Morgan fingerprint density at radius 3 is 0.936 bits per heavy atom. The summed E-state index contributed by atoms with van der Waals surface area (Å²) in [6.45, 7) is 0. The second-order valence-corrected chi connectivity index (χ2v) is 9.53. The van der Waals surface area contributed by atoms with E-state index in [0.29, 0.717) is 0 Å². The van der Waals surface area contributed by atoms with Crippen LogP contribution < -0.4 is 507 Å². The molecule has 35 heteroatoms. The summed E-state index contributed by atoms with van der Waals surface area (Å²) < 4.78 is 41.3. The normalized spacial score (nSPS) is 10.8. The SMILES string of the molecule is N#CCC(C#N)C(C#N)(OP(=O)(O)O)C(C#N)(CC#N)CC#N.O=P([O-])([O-])[O-].O=P([O-])([O-])[O-].O=P([O-])([O-])[O-].[K+].[K+].[K+].[K+].[K+].[K+].[K+].[K+].[K+]. The standard InChI is InChI=1S/C12H9N6O4P.9K.3H3O4P/c13-4-1-10(7-16)12(9-18,22-23(19,20)21)11(8-17,2-5-14)3-6-15;;;;;;;;;;3*1-5(2,3)4/h10H,1-3H2,(H2,19,20,21);;;;;;;;;;3*(H3,1,2,3,4)/q;9*+1;;;/p-9. The van der Waals surface area contributed by atoms with E-state index >= 15 is 0 Å². The third-order valence-corrected chi connectivity index (χ3v) is 3.58. The molecule has 0 aromatic carbocycles. The molecule has 47 heavy (non-hydrogen) atoms. The van der Waals surface area contributed by atoms with Crippen molar-refractivity contribution in [2.24, 2.45) is 11.3 Å². The van der Waals surface area contributed by atoms with Crippen LogP contribution in [0.4, 0.5) is 0 Å². The monoisotopic (exact) mass is 968 g/mol. The Hall–Kier alpha value is 12.1. The summed E-state index contributed by atoms with van der Waals surface area (Å²) in [5.41, 5.74) is -5.17. The third kappa shape index (κ3) is 67.4. The van der Waals surface area contributed by atoms with Gasteiger partial charge in [-0.2, -0.15) is 55.0 Å². The van der Waals surface area contributed by atoms with Crippen molar-refractivity contribution in [1.29, 1.82) is 31.6 Å². The van der Waals surface area contributed by atoms with Crippen LogP contribution in [-0.4, -0.2) is 15.4 Å². The van der Waals surface area contributed by atoms with Gasteiger partial charge < -0.3 is 67.5 Å². The number of hydrogen-bond acceptors (Lipinski definition) is 20. The molecular formula is C12H9K9N6O16P4. The summed E-state index contributed by atoms with van der Waals surface area (Å²) >= 11 is 0. The van der Waals surface area contributed by atoms with Crippen molar-refractivity contribution in [3.8, 4) is 36.4 Å². The second kappa shape index (κ2) is 50.7. The predicted octanol–water partition coefficient (Wildman–Crippen LogP) is -34.7. The van der Waals surface area contributed by atoms with E-state index in [9.17, 15) is 15.1 Å². The van der Waals surface area contributed by atoms with Crippen molar-refractivity contribution in [1.82, 2.24) is 0 Å². The minimum absolute atomic E-state index is 0. The van der Waals surface area contributed by atoms with E-state index in [1.165, 1.54) is 18.2 Å². The Bertz CT molecular complexity index is 1150. The third-order valence-electron chi connectivity index (χ3n) is 3.06. The predicted molar refractivity (Wildman–Crippen MR) is 92.1 cm³/mol. The van der Waals surface area contributed by atoms with E-state index in [4.69, 9.17) is 88.6 Å². The molecule has 212 valence electrons. The number of rotatable bonds is 7. The smallest absolute Gasteiger partial charge is 0.822 e. The van der Waals surface area contributed by atoms with Crippen LogP contribution in [0.5, 0.6) is 0 Å². The summed E-state index contributed by atoms with van der Waals surface area (Å²) in [7, 11) is -21.6. The van der Waals surface area contributed by atoms with Crippen molar-refractivity contribution in [2.75, 3.05) is 0 Å². The molecule has 0 fully saturated rings. The molecule has 0 rings (SSSR count). The van der Waals surface area contributed by atoms with E-state index in [-0.39, 0.29) is 462 Å². The van der Waals surface area contributed by atoms with Gasteiger partial charge in [-0.1, -0.05) is 0 Å². The number of nitriles is 6. The fourth-order valence-corrected chi connectivity index (χ4v) is 2.72. The minimum Gasteiger partial charge on any atom is -0.822 e. The van der Waals surface area contributed by atoms with Gasteiger partial charge in [-0.15, -0.1) is 0 Å². The molecule has 2 atom stereocenters. The number of phosphoric acid groups is 4. The van der Waals surface area contributed by atoms with Crippen LogP contribution in [0.3, 0.4) is 0 Å². The fourth-order valence-electron chi connectivity index (χ4n) is 2.01. The maximum absolute atomic E-state index is 11.3. The molecule has 0 aliphatic heterocycles. The van der Waals surface area contributed by atoms with Gasteiger partial charge in [0.1, 0.15) is 17.4 Å². The maximum atomic E-state index is 11.3. The molecule has 0 amide bonds. The quantitative estimate of drug-likeness (QED) is 0.177. The zero-order valence-corrected chi connectivity index (χ0v) is 58.5. The summed E-state index contributed by atoms with van der Waals surface area (Å²) in [6.07, 6.45) is -2.33. The maximum Gasteiger partial charge on any atom is 1.00 e. The molecule has 0 heterocycles. The molecular weight excluding hydrogens is 960 g/mol. The molecule has 0 bridgehead atoms. The zero-order chi connectivity index (χ0) is 31.6. The fraction of sp³-hybridized carbons (Fsp3) is 0.500. The van der Waals surface area contributed by atoms with Crippen molar-refractivity contribution in [3.63, 3.8) is 0 Å². The Morgan fingerprint density at radius 1 is 0.553 bits per heavy atom. The van der Waals surface area contributed by atoms with E-state index in [1.807, 2.05) is 0 Å². The van der Waals surface area contributed by atoms with Gasteiger partial charge in [-0.05, 0) is 0 Å². The molecule has 0 aliphatic carbocycles. The van der Waals surface area contributed by atoms with Crippen molar-refractivity contribution < 1.29 is 539 Å². The largest absolute Gasteiger partial charge is 1.00 e. The topological polar surface area (TPSA) is 468 Å². The first-order valence-electron chi connectivity index (χ1n) is 8.01. The summed E-state index contributed by atoms with van der Waals surface area (Å²) in [5.74, 6) is -1.77. The van der Waals surface area contributed by atoms with Crippen molar-refractivity contribution >= 4 is 31.3 Å². The second-order valence-electron chi connectivity index (χ2n) is 5.68. The van der Waals surface area contributed by atoms with Gasteiger partial charge in [0.05, 0.1) is 49.6 Å². The van der Waals surface area contributed by atoms with E-state index in [2.05, 4.69) is 4.52 Å². The van der Waals surface area contributed by atoms with Crippen molar-refractivity contribution in [3.05, 3.63) is 0 Å². The first-order valence-corrected chi connectivity index (χ1v) is 13.9. The molecule has 0 aromatic heterocycles. The van der Waals surface area contributed by atoms with Gasteiger partial charge in [-0.25, -0.2) is 4.57 Å². The van der Waals surface area contributed by atoms with Crippen LogP contribution in [0, 0.1) is 79.3 Å². The molecule has 0 spiro atoms. The molecule has 0 saturated carbocycles. The Balaban J connectivity index is -0.0000000372. The summed E-state index contributed by atoms with van der Waals surface area (Å²) in [4.78, 5) is 95.1. The summed E-state index contributed by atoms with van der Waals surface area (Å²) in [6, 6.07) is 8.98. The van der Waals surface area contributed by atoms with Crippen LogP contribution >= 0.6 is 31.3 Å². The van der Waals surface area contributed by atoms with Crippen LogP contribution in [0.2, 0.25) is 0 Å². The van der Waals surface area contributed by atoms with E-state index < -0.39 is 67.5 Å². The Labute approximate surface area is 652 Å². The summed E-state index contributed by atoms with van der Waals surface area (Å²) in [5, 5.41) is 54.5. The average molecular weight is 969 g/mol. The average Bonchev–Trinajstić information content (AvgIpc) is 2.65. The van der Waals surface area contributed by atoms with Crippen LogP contribution in [0.25, 0.3) is 0 Å². The van der Waals surface area contributed by atoms with Crippen molar-refractivity contribution in [2.45, 2.75) is 24.9 Å². The Kier molecular flexibility index (Phi) is 101. The molecule has 0 aliphatic rings. The molecule has 0 saturated heterocycles. The molecule has 22 nitrogen and oxygen atoms in total. The first kappa shape index (κ1) is 93.9. The minimum atomic E-state index is -5.40. The van der Waals surface area contributed by atoms with E-state index in [1.54, 1.807) is 18.2 Å². The first-order chi connectivity index (χ1) is 16.7. The van der Waals surface area contributed by atoms with Gasteiger partial charge in [0, 0.05) is 0 Å². The van der Waals surface area contributed by atoms with Gasteiger partial charge in [0.15, 0.2) is 0 Å². The molecule has 2 N–H and O–H groups in total. The molecule has 2 unspecified atom stereocenters. The van der Waals surface area contributed by atoms with Crippen LogP contribution in [0.1, 0.15) is 19.3 Å². The van der Waals surface area contributed by atoms with E-state index in [0.717, 1.165) is 0 Å². The van der Waals surface area contributed by atoms with Crippen LogP contribution in [0.15, 0.2) is 0 Å². The molecule has 0 aromatic rings. The molecule has 0 radical (unpaired) electrons. The number of phosphoric ester groups is 1. The van der Waals surface area contributed by atoms with Gasteiger partial charge in [-0.3, -0.25) is 4.52 Å². The van der Waals surface area contributed by atoms with Gasteiger partial charge in [0.25, 0.3) is 0 Å². The zero-order valence-electron chi connectivity index (χ0n) is 26.8.